The molecule has 0 aromatic carbocycles. The molecule has 0 saturated carbocycles. The topological polar surface area (TPSA) is 80.3 Å². The molecule has 0 spiro atoms. The first-order valence-corrected chi connectivity index (χ1v) is 5.96. The van der Waals surface area contributed by atoms with Gasteiger partial charge in [0.25, 0.3) is 0 Å². The Morgan fingerprint density at radius 1 is 1.00 bits per heavy atom. The van der Waals surface area contributed by atoms with Gasteiger partial charge in [-0.2, -0.15) is 0 Å². The minimum absolute atomic E-state index is 0.425. The highest BCUT2D eigenvalue weighted by atomic mass is 16.7. The zero-order valence-electron chi connectivity index (χ0n) is 11.7. The Kier molecular flexibility index (Phi) is 5.71. The van der Waals surface area contributed by atoms with Crippen LogP contribution in [0.25, 0.3) is 0 Å². The van der Waals surface area contributed by atoms with Gasteiger partial charge in [-0.05, 0) is 6.92 Å². The maximum absolute atomic E-state index is 11.2. The van der Waals surface area contributed by atoms with E-state index in [0.717, 1.165) is 0 Å². The lowest BCUT2D eigenvalue weighted by molar-refractivity contribution is -0.199. The molecule has 7 heteroatoms. The van der Waals surface area contributed by atoms with Crippen molar-refractivity contribution in [3.8, 4) is 0 Å². The van der Waals surface area contributed by atoms with Crippen molar-refractivity contribution in [1.29, 1.82) is 0 Å². The van der Waals surface area contributed by atoms with Gasteiger partial charge in [-0.15, -0.1) is 0 Å². The molecule has 0 aromatic heterocycles. The number of carbonyl (C=O) groups is 2. The van der Waals surface area contributed by atoms with Crippen LogP contribution < -0.4 is 0 Å². The number of hydrogen-bond donors (Lipinski definition) is 0. The molecule has 7 nitrogen and oxygen atoms in total. The number of esters is 2. The van der Waals surface area contributed by atoms with Crippen molar-refractivity contribution in [2.24, 2.45) is 0 Å². The summed E-state index contributed by atoms with van der Waals surface area (Å²) in [6.45, 7) is 4.29. The Morgan fingerprint density at radius 2 is 1.47 bits per heavy atom. The molecule has 19 heavy (non-hydrogen) atoms. The Morgan fingerprint density at radius 3 is 1.89 bits per heavy atom. The van der Waals surface area contributed by atoms with E-state index in [9.17, 15) is 9.59 Å². The van der Waals surface area contributed by atoms with Gasteiger partial charge >= 0.3 is 11.9 Å². The maximum atomic E-state index is 11.2. The molecule has 1 rings (SSSR count). The smallest absolute Gasteiger partial charge is 0.303 e. The second-order valence-corrected chi connectivity index (χ2v) is 4.29. The summed E-state index contributed by atoms with van der Waals surface area (Å²) in [4.78, 5) is 22.3. The van der Waals surface area contributed by atoms with Crippen molar-refractivity contribution in [2.45, 2.75) is 51.5 Å². The molecule has 0 bridgehead atoms. The first-order chi connectivity index (χ1) is 8.90. The molecule has 0 unspecified atom stereocenters. The van der Waals surface area contributed by atoms with E-state index in [1.807, 2.05) is 0 Å². The fourth-order valence-electron chi connectivity index (χ4n) is 2.12. The molecule has 1 heterocycles. The Hall–Kier alpha value is -1.18. The van der Waals surface area contributed by atoms with Crippen LogP contribution >= 0.6 is 0 Å². The number of rotatable bonds is 5. The Labute approximate surface area is 112 Å². The van der Waals surface area contributed by atoms with Gasteiger partial charge < -0.3 is 23.7 Å². The van der Waals surface area contributed by atoms with Gasteiger partial charge in [-0.3, -0.25) is 9.59 Å². The van der Waals surface area contributed by atoms with E-state index in [-0.39, 0.29) is 0 Å². The van der Waals surface area contributed by atoms with Crippen LogP contribution in [0.3, 0.4) is 0 Å². The molecule has 1 aliphatic heterocycles. The second-order valence-electron chi connectivity index (χ2n) is 4.29. The van der Waals surface area contributed by atoms with Gasteiger partial charge in [0.2, 0.25) is 0 Å². The Balaban J connectivity index is 2.91. The van der Waals surface area contributed by atoms with Crippen molar-refractivity contribution in [1.82, 2.24) is 0 Å². The standard InChI is InChI=1S/C12H20O7/c1-6-9(18-7(2)13)10(19-8(3)14)11(17-6)12(15-4)16-5/h6,9-12H,1-5H3/t6-,9-,10+,11+/m0/s1. The lowest BCUT2D eigenvalue weighted by Gasteiger charge is -2.26. The summed E-state index contributed by atoms with van der Waals surface area (Å²) in [6.07, 6.45) is -3.24. The molecule has 0 amide bonds. The third-order valence-electron chi connectivity index (χ3n) is 2.82. The third kappa shape index (κ3) is 3.89. The van der Waals surface area contributed by atoms with E-state index < -0.39 is 42.6 Å². The first-order valence-electron chi connectivity index (χ1n) is 5.96. The highest BCUT2D eigenvalue weighted by Gasteiger charge is 2.50. The van der Waals surface area contributed by atoms with Gasteiger partial charge in [0.05, 0.1) is 6.10 Å². The van der Waals surface area contributed by atoms with E-state index >= 15 is 0 Å². The molecular weight excluding hydrogens is 256 g/mol. The van der Waals surface area contributed by atoms with Crippen molar-refractivity contribution < 1.29 is 33.3 Å². The van der Waals surface area contributed by atoms with E-state index in [1.165, 1.54) is 28.1 Å². The van der Waals surface area contributed by atoms with Crippen molar-refractivity contribution >= 4 is 11.9 Å². The fourth-order valence-corrected chi connectivity index (χ4v) is 2.12. The van der Waals surface area contributed by atoms with Crippen LogP contribution in [0.1, 0.15) is 20.8 Å². The zero-order chi connectivity index (χ0) is 14.6. The summed E-state index contributed by atoms with van der Waals surface area (Å²) in [5.74, 6) is -0.958. The first kappa shape index (κ1) is 15.9. The van der Waals surface area contributed by atoms with Crippen LogP contribution in [0, 0.1) is 0 Å². The van der Waals surface area contributed by atoms with Crippen LogP contribution in [0.4, 0.5) is 0 Å². The van der Waals surface area contributed by atoms with E-state index in [2.05, 4.69) is 0 Å². The highest BCUT2D eigenvalue weighted by Crippen LogP contribution is 2.30. The minimum Gasteiger partial charge on any atom is -0.456 e. The molecule has 1 fully saturated rings. The lowest BCUT2D eigenvalue weighted by atomic mass is 10.1. The number of carbonyl (C=O) groups excluding carboxylic acids is 2. The summed E-state index contributed by atoms with van der Waals surface area (Å²) in [5.41, 5.74) is 0. The highest BCUT2D eigenvalue weighted by molar-refractivity contribution is 5.67. The van der Waals surface area contributed by atoms with Gasteiger partial charge in [0.15, 0.2) is 18.5 Å². The van der Waals surface area contributed by atoms with Gasteiger partial charge in [-0.25, -0.2) is 0 Å². The van der Waals surface area contributed by atoms with Gasteiger partial charge in [0.1, 0.15) is 6.10 Å². The molecular formula is C12H20O7. The molecule has 1 aliphatic rings. The summed E-state index contributed by atoms with van der Waals surface area (Å²) < 4.78 is 26.2. The summed E-state index contributed by atoms with van der Waals surface area (Å²) in [6, 6.07) is 0. The predicted molar refractivity (Wildman–Crippen MR) is 63.2 cm³/mol. The monoisotopic (exact) mass is 276 g/mol. The number of methoxy groups -OCH3 is 2. The second kappa shape index (κ2) is 6.83. The average molecular weight is 276 g/mol. The molecule has 1 saturated heterocycles. The molecule has 110 valence electrons. The van der Waals surface area contributed by atoms with Crippen molar-refractivity contribution in [2.75, 3.05) is 14.2 Å². The summed E-state index contributed by atoms with van der Waals surface area (Å²) in [5, 5.41) is 0. The van der Waals surface area contributed by atoms with E-state index in [4.69, 9.17) is 23.7 Å². The molecule has 0 aromatic rings. The minimum atomic E-state index is -0.763. The zero-order valence-corrected chi connectivity index (χ0v) is 11.7. The summed E-state index contributed by atoms with van der Waals surface area (Å²) in [7, 11) is 2.90. The van der Waals surface area contributed by atoms with Crippen LogP contribution in [0.2, 0.25) is 0 Å². The fraction of sp³-hybridized carbons (Fsp3) is 0.833. The van der Waals surface area contributed by atoms with E-state index in [1.54, 1.807) is 6.92 Å². The van der Waals surface area contributed by atoms with Crippen molar-refractivity contribution in [3.63, 3.8) is 0 Å². The largest absolute Gasteiger partial charge is 0.456 e. The molecule has 4 atom stereocenters. The van der Waals surface area contributed by atoms with Crippen LogP contribution in [-0.2, 0) is 33.3 Å². The van der Waals surface area contributed by atoms with Crippen LogP contribution in [0.5, 0.6) is 0 Å². The van der Waals surface area contributed by atoms with Crippen molar-refractivity contribution in [3.05, 3.63) is 0 Å². The average Bonchev–Trinajstić information content (AvgIpc) is 2.58. The normalized spacial score (nSPS) is 30.4. The SMILES string of the molecule is COC(OC)[C@@H]1O[C@@H](C)[C@H](OC(C)=O)[C@H]1OC(C)=O. The Bertz CT molecular complexity index is 326. The van der Waals surface area contributed by atoms with Gasteiger partial charge in [-0.1, -0.05) is 0 Å². The van der Waals surface area contributed by atoms with Crippen LogP contribution in [0.15, 0.2) is 0 Å². The van der Waals surface area contributed by atoms with E-state index in [0.29, 0.717) is 0 Å². The predicted octanol–water partition coefficient (Wildman–Crippen LogP) is 0.256. The number of hydrogen-bond acceptors (Lipinski definition) is 7. The van der Waals surface area contributed by atoms with Gasteiger partial charge in [0, 0.05) is 28.1 Å². The summed E-state index contributed by atoms with van der Waals surface area (Å²) >= 11 is 0. The number of ether oxygens (including phenoxy) is 5. The molecule has 0 aliphatic carbocycles. The van der Waals surface area contributed by atoms with Crippen LogP contribution in [-0.4, -0.2) is 56.9 Å². The quantitative estimate of drug-likeness (QED) is 0.526. The molecule has 0 N–H and O–H groups in total. The lowest BCUT2D eigenvalue weighted by Crippen LogP contribution is -2.44. The third-order valence-corrected chi connectivity index (χ3v) is 2.82. The molecule has 0 radical (unpaired) electrons. The maximum Gasteiger partial charge on any atom is 0.303 e.